The van der Waals surface area contributed by atoms with E-state index in [2.05, 4.69) is 40.3 Å². The molecule has 4 heteroatoms. The van der Waals surface area contributed by atoms with Gasteiger partial charge in [0.1, 0.15) is 0 Å². The molecule has 4 heterocycles. The molecule has 1 aliphatic rings. The van der Waals surface area contributed by atoms with Crippen molar-refractivity contribution >= 4 is 21.8 Å². The van der Waals surface area contributed by atoms with E-state index in [4.69, 9.17) is 9.97 Å². The largest absolute Gasteiger partial charge is 0.255 e. The van der Waals surface area contributed by atoms with E-state index in [1.807, 2.05) is 36.5 Å². The molecule has 4 aromatic heterocycles. The van der Waals surface area contributed by atoms with Gasteiger partial charge in [0, 0.05) is 23.2 Å². The molecule has 0 spiro atoms. The molecule has 0 bridgehead atoms. The van der Waals surface area contributed by atoms with Crippen LogP contribution >= 0.6 is 0 Å². The third-order valence-corrected chi connectivity index (χ3v) is 5.43. The highest BCUT2D eigenvalue weighted by Crippen LogP contribution is 2.34. The van der Waals surface area contributed by atoms with Crippen LogP contribution in [0.1, 0.15) is 11.1 Å². The lowest BCUT2D eigenvalue weighted by Gasteiger charge is -2.18. The predicted octanol–water partition coefficient (Wildman–Crippen LogP) is 5.01. The summed E-state index contributed by atoms with van der Waals surface area (Å²) in [6, 6.07) is 20.7. The van der Waals surface area contributed by atoms with Crippen LogP contribution in [0.25, 0.3) is 44.6 Å². The fourth-order valence-corrected chi connectivity index (χ4v) is 4.04. The summed E-state index contributed by atoms with van der Waals surface area (Å²) < 4.78 is 0. The molecular formula is C24H16N4. The van der Waals surface area contributed by atoms with Gasteiger partial charge in [-0.3, -0.25) is 9.97 Å². The predicted molar refractivity (Wildman–Crippen MR) is 111 cm³/mol. The highest BCUT2D eigenvalue weighted by molar-refractivity contribution is 6.04. The van der Waals surface area contributed by atoms with Crippen molar-refractivity contribution in [2.75, 3.05) is 0 Å². The van der Waals surface area contributed by atoms with Gasteiger partial charge in [0.2, 0.25) is 0 Å². The highest BCUT2D eigenvalue weighted by Gasteiger charge is 2.20. The normalized spacial score (nSPS) is 12.7. The van der Waals surface area contributed by atoms with Crippen LogP contribution < -0.4 is 0 Å². The Morgan fingerprint density at radius 1 is 0.571 bits per heavy atom. The van der Waals surface area contributed by atoms with Gasteiger partial charge >= 0.3 is 0 Å². The van der Waals surface area contributed by atoms with Gasteiger partial charge in [-0.05, 0) is 54.3 Å². The van der Waals surface area contributed by atoms with Crippen LogP contribution in [-0.2, 0) is 12.8 Å². The van der Waals surface area contributed by atoms with E-state index in [1.165, 1.54) is 11.1 Å². The first-order valence-corrected chi connectivity index (χ1v) is 9.46. The lowest BCUT2D eigenvalue weighted by Crippen LogP contribution is -2.07. The lowest BCUT2D eigenvalue weighted by molar-refractivity contribution is 0.918. The van der Waals surface area contributed by atoms with E-state index in [0.717, 1.165) is 57.4 Å². The average Bonchev–Trinajstić information content (AvgIpc) is 2.78. The fraction of sp³-hybridized carbons (Fsp3) is 0.0833. The molecule has 0 amide bonds. The Kier molecular flexibility index (Phi) is 3.26. The number of aromatic nitrogens is 4. The Labute approximate surface area is 162 Å². The summed E-state index contributed by atoms with van der Waals surface area (Å²) in [5.74, 6) is 0. The Morgan fingerprint density at radius 2 is 1.39 bits per heavy atom. The highest BCUT2D eigenvalue weighted by atomic mass is 14.8. The first-order valence-electron chi connectivity index (χ1n) is 9.46. The first-order chi connectivity index (χ1) is 13.9. The molecule has 1 aliphatic carbocycles. The smallest absolute Gasteiger partial charge is 0.0973 e. The van der Waals surface area contributed by atoms with Crippen LogP contribution in [0.2, 0.25) is 0 Å². The second-order valence-corrected chi connectivity index (χ2v) is 7.13. The maximum absolute atomic E-state index is 5.07. The SMILES string of the molecule is c1ccc(-c2ccc3ccc4cc5c(nc4c3n2)-c2ncccc2CC5)nc1. The molecule has 0 radical (unpaired) electrons. The van der Waals surface area contributed by atoms with Gasteiger partial charge in [-0.15, -0.1) is 0 Å². The van der Waals surface area contributed by atoms with E-state index in [1.54, 1.807) is 6.20 Å². The maximum atomic E-state index is 5.07. The molecule has 1 aromatic carbocycles. The summed E-state index contributed by atoms with van der Waals surface area (Å²) in [5.41, 5.74) is 8.09. The molecule has 0 saturated carbocycles. The van der Waals surface area contributed by atoms with Crippen LogP contribution in [0.3, 0.4) is 0 Å². The van der Waals surface area contributed by atoms with E-state index < -0.39 is 0 Å². The van der Waals surface area contributed by atoms with Gasteiger partial charge in [0.25, 0.3) is 0 Å². The molecule has 0 unspecified atom stereocenters. The van der Waals surface area contributed by atoms with Gasteiger partial charge in [-0.1, -0.05) is 30.3 Å². The van der Waals surface area contributed by atoms with E-state index >= 15 is 0 Å². The monoisotopic (exact) mass is 360 g/mol. The van der Waals surface area contributed by atoms with Crippen molar-refractivity contribution in [2.24, 2.45) is 0 Å². The summed E-state index contributed by atoms with van der Waals surface area (Å²) in [6.45, 7) is 0. The van der Waals surface area contributed by atoms with Crippen molar-refractivity contribution in [1.82, 2.24) is 19.9 Å². The number of hydrogen-bond acceptors (Lipinski definition) is 4. The van der Waals surface area contributed by atoms with Gasteiger partial charge < -0.3 is 0 Å². The minimum absolute atomic E-state index is 0.860. The molecule has 6 rings (SSSR count). The maximum Gasteiger partial charge on any atom is 0.0973 e. The molecule has 0 atom stereocenters. The van der Waals surface area contributed by atoms with E-state index in [0.29, 0.717) is 0 Å². The third-order valence-electron chi connectivity index (χ3n) is 5.43. The second-order valence-electron chi connectivity index (χ2n) is 7.13. The van der Waals surface area contributed by atoms with Gasteiger partial charge in [-0.25, -0.2) is 9.97 Å². The number of benzene rings is 1. The molecule has 0 fully saturated rings. The summed E-state index contributed by atoms with van der Waals surface area (Å²) in [5, 5.41) is 2.20. The third kappa shape index (κ3) is 2.31. The van der Waals surface area contributed by atoms with E-state index in [-0.39, 0.29) is 0 Å². The Morgan fingerprint density at radius 3 is 2.32 bits per heavy atom. The molecule has 0 saturated heterocycles. The summed E-state index contributed by atoms with van der Waals surface area (Å²) in [6.07, 6.45) is 5.65. The Balaban J connectivity index is 1.65. The molecule has 132 valence electrons. The van der Waals surface area contributed by atoms with Crippen molar-refractivity contribution in [3.05, 3.63) is 84.2 Å². The molecular weight excluding hydrogens is 344 g/mol. The zero-order valence-electron chi connectivity index (χ0n) is 15.1. The zero-order chi connectivity index (χ0) is 18.5. The fourth-order valence-electron chi connectivity index (χ4n) is 4.04. The number of rotatable bonds is 1. The Hall–Kier alpha value is -3.66. The van der Waals surface area contributed by atoms with Crippen LogP contribution in [0.4, 0.5) is 0 Å². The number of fused-ring (bicyclic) bond motifs is 6. The first kappa shape index (κ1) is 15.4. The van der Waals surface area contributed by atoms with Gasteiger partial charge in [0.15, 0.2) is 0 Å². The minimum atomic E-state index is 0.860. The van der Waals surface area contributed by atoms with Crippen molar-refractivity contribution in [3.63, 3.8) is 0 Å². The number of hydrogen-bond donors (Lipinski definition) is 0. The lowest BCUT2D eigenvalue weighted by atomic mass is 9.91. The zero-order valence-corrected chi connectivity index (χ0v) is 15.1. The van der Waals surface area contributed by atoms with Crippen LogP contribution in [0.15, 0.2) is 73.1 Å². The quantitative estimate of drug-likeness (QED) is 0.395. The second kappa shape index (κ2) is 5.92. The standard InChI is InChI=1S/C24H16N4/c1-2-12-25-19(5-1)20-11-10-16-7-9-18-14-17-8-6-15-4-3-13-26-21(15)23(17)28-24(18)22(16)27-20/h1-5,7,9-14H,6,8H2. The number of pyridine rings is 4. The average molecular weight is 360 g/mol. The molecule has 0 aliphatic heterocycles. The van der Waals surface area contributed by atoms with Crippen LogP contribution in [-0.4, -0.2) is 19.9 Å². The number of nitrogens with zero attached hydrogens (tertiary/aromatic N) is 4. The molecule has 4 nitrogen and oxygen atoms in total. The minimum Gasteiger partial charge on any atom is -0.255 e. The number of aryl methyl sites for hydroxylation is 2. The van der Waals surface area contributed by atoms with Crippen molar-refractivity contribution in [3.8, 4) is 22.8 Å². The molecule has 0 N–H and O–H groups in total. The van der Waals surface area contributed by atoms with E-state index in [9.17, 15) is 0 Å². The summed E-state index contributed by atoms with van der Waals surface area (Å²) in [7, 11) is 0. The Bertz CT molecular complexity index is 1360. The van der Waals surface area contributed by atoms with Crippen LogP contribution in [0.5, 0.6) is 0 Å². The van der Waals surface area contributed by atoms with Gasteiger partial charge in [-0.2, -0.15) is 0 Å². The summed E-state index contributed by atoms with van der Waals surface area (Å²) in [4.78, 5) is 19.1. The summed E-state index contributed by atoms with van der Waals surface area (Å²) >= 11 is 0. The molecule has 28 heavy (non-hydrogen) atoms. The topological polar surface area (TPSA) is 51.6 Å². The van der Waals surface area contributed by atoms with Crippen molar-refractivity contribution in [1.29, 1.82) is 0 Å². The van der Waals surface area contributed by atoms with Crippen molar-refractivity contribution in [2.45, 2.75) is 12.8 Å². The van der Waals surface area contributed by atoms with Crippen LogP contribution in [0, 0.1) is 0 Å². The molecule has 5 aromatic rings. The van der Waals surface area contributed by atoms with Gasteiger partial charge in [0.05, 0.1) is 33.8 Å². The van der Waals surface area contributed by atoms with Crippen molar-refractivity contribution < 1.29 is 0 Å².